The second-order valence-electron chi connectivity index (χ2n) is 4.72. The minimum absolute atomic E-state index is 0.471. The van der Waals surface area contributed by atoms with Crippen LogP contribution in [0.15, 0.2) is 42.5 Å². The number of benzene rings is 2. The van der Waals surface area contributed by atoms with Gasteiger partial charge in [-0.25, -0.2) is 4.68 Å². The van der Waals surface area contributed by atoms with Gasteiger partial charge in [0.05, 0.1) is 11.2 Å². The van der Waals surface area contributed by atoms with Crippen LogP contribution in [0.5, 0.6) is 5.75 Å². The summed E-state index contributed by atoms with van der Waals surface area (Å²) in [4.78, 5) is 11.1. The normalized spacial score (nSPS) is 10.7. The molecule has 0 unspecified atom stereocenters. The minimum atomic E-state index is 0.471. The average molecular weight is 279 g/mol. The number of aryl methyl sites for hydroxylation is 1. The molecule has 105 valence electrons. The highest BCUT2D eigenvalue weighted by Crippen LogP contribution is 2.23. The van der Waals surface area contributed by atoms with Crippen LogP contribution in [0.3, 0.4) is 0 Å². The molecule has 0 amide bonds. The van der Waals surface area contributed by atoms with E-state index in [1.165, 1.54) is 4.68 Å². The maximum Gasteiger partial charge on any atom is 0.234 e. The lowest BCUT2D eigenvalue weighted by Crippen LogP contribution is -1.98. The lowest BCUT2D eigenvalue weighted by Gasteiger charge is -2.06. The third kappa shape index (κ3) is 2.65. The fraction of sp³-hybridized carbons (Fsp3) is 0.176. The number of hydrogen-bond donors (Lipinski definition) is 0. The van der Waals surface area contributed by atoms with Crippen LogP contribution in [0.4, 0.5) is 0 Å². The number of fused-ring (bicyclic) bond motifs is 1. The van der Waals surface area contributed by atoms with Crippen molar-refractivity contribution in [3.63, 3.8) is 0 Å². The Morgan fingerprint density at radius 2 is 2.14 bits per heavy atom. The lowest BCUT2D eigenvalue weighted by molar-refractivity contribution is 0.306. The molecule has 0 atom stereocenters. The molecule has 1 radical (unpaired) electrons. The maximum absolute atomic E-state index is 11.1. The molecule has 4 nitrogen and oxygen atoms in total. The summed E-state index contributed by atoms with van der Waals surface area (Å²) in [5.74, 6) is 0.608. The third-order valence-corrected chi connectivity index (χ3v) is 3.36. The van der Waals surface area contributed by atoms with Crippen molar-refractivity contribution in [3.8, 4) is 5.75 Å². The number of ether oxygens (including phenoxy) is 1. The molecule has 4 heteroatoms. The van der Waals surface area contributed by atoms with Crippen molar-refractivity contribution in [2.24, 2.45) is 0 Å². The summed E-state index contributed by atoms with van der Waals surface area (Å²) in [5.41, 5.74) is 2.73. The first kappa shape index (κ1) is 13.4. The quantitative estimate of drug-likeness (QED) is 0.674. The van der Waals surface area contributed by atoms with E-state index in [0.717, 1.165) is 28.6 Å². The van der Waals surface area contributed by atoms with Crippen LogP contribution in [-0.4, -0.2) is 16.2 Å². The Labute approximate surface area is 123 Å². The molecule has 3 aromatic rings. The van der Waals surface area contributed by atoms with Crippen LogP contribution >= 0.6 is 0 Å². The largest absolute Gasteiger partial charge is 0.488 e. The van der Waals surface area contributed by atoms with Gasteiger partial charge in [-0.15, -0.1) is 0 Å². The summed E-state index contributed by atoms with van der Waals surface area (Å²) in [6.07, 6.45) is 1.48. The van der Waals surface area contributed by atoms with Crippen LogP contribution < -0.4 is 4.74 Å². The molecule has 0 bridgehead atoms. The fourth-order valence-electron chi connectivity index (χ4n) is 2.28. The second-order valence-corrected chi connectivity index (χ2v) is 4.72. The van der Waals surface area contributed by atoms with Gasteiger partial charge in [0, 0.05) is 17.5 Å². The van der Waals surface area contributed by atoms with E-state index in [-0.39, 0.29) is 0 Å². The molecule has 0 N–H and O–H groups in total. The molecule has 3 rings (SSSR count). The highest BCUT2D eigenvalue weighted by molar-refractivity contribution is 5.87. The Morgan fingerprint density at radius 1 is 1.33 bits per heavy atom. The Hall–Kier alpha value is -2.62. The molecule has 0 aliphatic rings. The molecular formula is C17H15N2O2. The van der Waals surface area contributed by atoms with E-state index >= 15 is 0 Å². The van der Waals surface area contributed by atoms with E-state index < -0.39 is 0 Å². The van der Waals surface area contributed by atoms with Gasteiger partial charge in [0.15, 0.2) is 0 Å². The summed E-state index contributed by atoms with van der Waals surface area (Å²) in [5, 5.41) is 5.20. The van der Waals surface area contributed by atoms with Crippen molar-refractivity contribution in [2.45, 2.75) is 20.0 Å². The Bertz CT molecular complexity index is 763. The molecule has 21 heavy (non-hydrogen) atoms. The van der Waals surface area contributed by atoms with Gasteiger partial charge in [-0.2, -0.15) is 5.10 Å². The average Bonchev–Trinajstić information content (AvgIpc) is 2.91. The number of nitrogens with zero attached hydrogens (tertiary/aromatic N) is 2. The van der Waals surface area contributed by atoms with Crippen molar-refractivity contribution in [1.82, 2.24) is 9.78 Å². The molecule has 0 aliphatic heterocycles. The van der Waals surface area contributed by atoms with Gasteiger partial charge >= 0.3 is 0 Å². The van der Waals surface area contributed by atoms with E-state index in [0.29, 0.717) is 18.8 Å². The predicted molar refractivity (Wildman–Crippen MR) is 80.9 cm³/mol. The fourth-order valence-corrected chi connectivity index (χ4v) is 2.28. The second kappa shape index (κ2) is 5.79. The zero-order chi connectivity index (χ0) is 14.7. The van der Waals surface area contributed by atoms with E-state index in [4.69, 9.17) is 4.74 Å². The summed E-state index contributed by atoms with van der Waals surface area (Å²) >= 11 is 0. The molecule has 0 spiro atoms. The molecule has 1 aromatic heterocycles. The Kier molecular flexibility index (Phi) is 3.69. The number of aromatic nitrogens is 2. The molecule has 2 aromatic carbocycles. The van der Waals surface area contributed by atoms with Gasteiger partial charge in [-0.05, 0) is 18.1 Å². The topological polar surface area (TPSA) is 44.1 Å². The molecule has 0 saturated heterocycles. The van der Waals surface area contributed by atoms with Crippen molar-refractivity contribution >= 4 is 17.3 Å². The van der Waals surface area contributed by atoms with Crippen LogP contribution in [0, 0.1) is 6.07 Å². The van der Waals surface area contributed by atoms with Gasteiger partial charge in [0.1, 0.15) is 12.4 Å². The molecule has 0 aliphatic carbocycles. The minimum Gasteiger partial charge on any atom is -0.488 e. The van der Waals surface area contributed by atoms with Gasteiger partial charge in [0.2, 0.25) is 6.41 Å². The van der Waals surface area contributed by atoms with Crippen molar-refractivity contribution in [2.75, 3.05) is 0 Å². The number of carbonyl (C=O) groups is 1. The number of hydrogen-bond acceptors (Lipinski definition) is 3. The Balaban J connectivity index is 1.88. The first-order valence-electron chi connectivity index (χ1n) is 6.86. The van der Waals surface area contributed by atoms with Crippen molar-refractivity contribution in [1.29, 1.82) is 0 Å². The third-order valence-electron chi connectivity index (χ3n) is 3.36. The van der Waals surface area contributed by atoms with E-state index in [1.807, 2.05) is 43.3 Å². The van der Waals surface area contributed by atoms with Crippen LogP contribution in [0.2, 0.25) is 0 Å². The van der Waals surface area contributed by atoms with E-state index in [1.54, 1.807) is 6.07 Å². The monoisotopic (exact) mass is 279 g/mol. The van der Waals surface area contributed by atoms with E-state index in [9.17, 15) is 4.79 Å². The standard InChI is InChI=1S/C17H15N2O2/c1-2-16-15-9-8-14(10-17(15)19(12-20)18-16)21-11-13-6-4-3-5-7-13/h3-7,9-10,12H,2,11H2,1H3. The SMILES string of the molecule is CCc1nn(C=O)c2cc(OCc3ccccc3)[c]cc12. The summed E-state index contributed by atoms with van der Waals surface area (Å²) in [6, 6.07) is 16.7. The summed E-state index contributed by atoms with van der Waals surface area (Å²) in [6.45, 7) is 2.48. The van der Waals surface area contributed by atoms with E-state index in [2.05, 4.69) is 11.2 Å². The Morgan fingerprint density at radius 3 is 2.86 bits per heavy atom. The van der Waals surface area contributed by atoms with Crippen molar-refractivity contribution < 1.29 is 9.53 Å². The van der Waals surface area contributed by atoms with Gasteiger partial charge in [-0.3, -0.25) is 4.79 Å². The molecule has 1 heterocycles. The molecule has 0 fully saturated rings. The predicted octanol–water partition coefficient (Wildman–Crippen LogP) is 3.02. The van der Waals surface area contributed by atoms with Crippen molar-refractivity contribution in [3.05, 3.63) is 59.8 Å². The summed E-state index contributed by atoms with van der Waals surface area (Å²) < 4.78 is 7.07. The van der Waals surface area contributed by atoms with Crippen LogP contribution in [0.1, 0.15) is 18.2 Å². The first-order chi connectivity index (χ1) is 10.3. The van der Waals surface area contributed by atoms with Gasteiger partial charge in [-0.1, -0.05) is 37.3 Å². The smallest absolute Gasteiger partial charge is 0.234 e. The first-order valence-corrected chi connectivity index (χ1v) is 6.86. The highest BCUT2D eigenvalue weighted by atomic mass is 16.5. The number of rotatable bonds is 5. The molecular weight excluding hydrogens is 264 g/mol. The van der Waals surface area contributed by atoms with Gasteiger partial charge < -0.3 is 4.74 Å². The molecule has 0 saturated carbocycles. The zero-order valence-electron chi connectivity index (χ0n) is 11.7. The van der Waals surface area contributed by atoms with Crippen LogP contribution in [0.25, 0.3) is 10.9 Å². The summed E-state index contributed by atoms with van der Waals surface area (Å²) in [7, 11) is 0. The zero-order valence-corrected chi connectivity index (χ0v) is 11.7. The highest BCUT2D eigenvalue weighted by Gasteiger charge is 2.10. The maximum atomic E-state index is 11.1. The lowest BCUT2D eigenvalue weighted by atomic mass is 10.1. The van der Waals surface area contributed by atoms with Crippen LogP contribution in [-0.2, 0) is 17.8 Å². The number of carbonyl (C=O) groups excluding carboxylic acids is 1. The van der Waals surface area contributed by atoms with Gasteiger partial charge in [0.25, 0.3) is 0 Å².